The minimum absolute atomic E-state index is 0.679. The summed E-state index contributed by atoms with van der Waals surface area (Å²) in [4.78, 5) is 0. The summed E-state index contributed by atoms with van der Waals surface area (Å²) in [6.45, 7) is 4.41. The van der Waals surface area contributed by atoms with Crippen LogP contribution in [0.4, 0.5) is 0 Å². The third-order valence-electron chi connectivity index (χ3n) is 4.83. The number of ether oxygens (including phenoxy) is 1. The summed E-state index contributed by atoms with van der Waals surface area (Å²) >= 11 is 0. The van der Waals surface area contributed by atoms with Crippen LogP contribution in [0.3, 0.4) is 0 Å². The van der Waals surface area contributed by atoms with Gasteiger partial charge in [0.25, 0.3) is 0 Å². The molecule has 104 valence electrons. The number of hydrogen-bond acceptors (Lipinski definition) is 2. The lowest BCUT2D eigenvalue weighted by molar-refractivity contribution is 0.231. The summed E-state index contributed by atoms with van der Waals surface area (Å²) in [7, 11) is 0. The Morgan fingerprint density at radius 1 is 1.26 bits per heavy atom. The molecule has 1 aromatic rings. The largest absolute Gasteiger partial charge is 0.493 e. The number of nitrogens with one attached hydrogen (secondary N) is 1. The highest BCUT2D eigenvalue weighted by Gasteiger charge is 2.27. The van der Waals surface area contributed by atoms with Gasteiger partial charge in [-0.25, -0.2) is 0 Å². The molecule has 0 saturated carbocycles. The molecule has 1 N–H and O–H groups in total. The number of piperidine rings is 1. The maximum absolute atomic E-state index is 5.76. The number of fused-ring (bicyclic) bond motifs is 1. The molecule has 0 amide bonds. The molecule has 2 heteroatoms. The van der Waals surface area contributed by atoms with Crippen molar-refractivity contribution in [1.29, 1.82) is 0 Å². The lowest BCUT2D eigenvalue weighted by atomic mass is 9.82. The zero-order chi connectivity index (χ0) is 13.1. The van der Waals surface area contributed by atoms with Crippen molar-refractivity contribution >= 4 is 0 Å². The average molecular weight is 259 g/mol. The molecular weight excluding hydrogens is 234 g/mol. The predicted octanol–water partition coefficient (Wildman–Crippen LogP) is 3.72. The van der Waals surface area contributed by atoms with Crippen LogP contribution in [0.15, 0.2) is 24.3 Å². The molecule has 3 rings (SSSR count). The van der Waals surface area contributed by atoms with Crippen LogP contribution in [0.5, 0.6) is 5.75 Å². The minimum atomic E-state index is 0.679. The van der Waals surface area contributed by atoms with Gasteiger partial charge in [-0.1, -0.05) is 31.5 Å². The normalized spacial score (nSPS) is 30.5. The third-order valence-corrected chi connectivity index (χ3v) is 4.83. The zero-order valence-corrected chi connectivity index (χ0v) is 11.9. The molecule has 0 radical (unpaired) electrons. The lowest BCUT2D eigenvalue weighted by Gasteiger charge is -2.34. The van der Waals surface area contributed by atoms with E-state index in [9.17, 15) is 0 Å². The van der Waals surface area contributed by atoms with Crippen LogP contribution < -0.4 is 10.1 Å². The molecule has 0 aliphatic carbocycles. The quantitative estimate of drug-likeness (QED) is 0.893. The van der Waals surface area contributed by atoms with Gasteiger partial charge in [0, 0.05) is 6.04 Å². The Bertz CT molecular complexity index is 417. The van der Waals surface area contributed by atoms with Crippen LogP contribution in [0.1, 0.15) is 50.5 Å². The van der Waals surface area contributed by atoms with Gasteiger partial charge in [-0.3, -0.25) is 0 Å². The lowest BCUT2D eigenvalue weighted by Crippen LogP contribution is -2.39. The first-order valence-electron chi connectivity index (χ1n) is 7.82. The van der Waals surface area contributed by atoms with E-state index in [1.165, 1.54) is 44.2 Å². The molecule has 0 aromatic heterocycles. The number of rotatable bonds is 3. The SMILES string of the molecule is CCC1CCNC(CC2CCOc3ccccc32)C1. The summed E-state index contributed by atoms with van der Waals surface area (Å²) in [5, 5.41) is 3.72. The van der Waals surface area contributed by atoms with E-state index < -0.39 is 0 Å². The molecule has 2 aliphatic heterocycles. The van der Waals surface area contributed by atoms with E-state index in [1.54, 1.807) is 0 Å². The molecule has 0 bridgehead atoms. The first-order valence-corrected chi connectivity index (χ1v) is 7.82. The van der Waals surface area contributed by atoms with Crippen LogP contribution >= 0.6 is 0 Å². The van der Waals surface area contributed by atoms with E-state index in [1.807, 2.05) is 0 Å². The van der Waals surface area contributed by atoms with Crippen molar-refractivity contribution in [3.63, 3.8) is 0 Å². The van der Waals surface area contributed by atoms with Crippen molar-refractivity contribution in [3.05, 3.63) is 29.8 Å². The molecule has 1 fully saturated rings. The van der Waals surface area contributed by atoms with E-state index in [0.29, 0.717) is 12.0 Å². The highest BCUT2D eigenvalue weighted by molar-refractivity contribution is 5.37. The summed E-state index contributed by atoms with van der Waals surface area (Å²) in [5.41, 5.74) is 1.43. The van der Waals surface area contributed by atoms with Crippen molar-refractivity contribution in [3.8, 4) is 5.75 Å². The second-order valence-electron chi connectivity index (χ2n) is 6.06. The second kappa shape index (κ2) is 5.96. The van der Waals surface area contributed by atoms with E-state index >= 15 is 0 Å². The second-order valence-corrected chi connectivity index (χ2v) is 6.06. The van der Waals surface area contributed by atoms with Crippen molar-refractivity contribution in [2.45, 2.75) is 51.0 Å². The Morgan fingerprint density at radius 2 is 2.16 bits per heavy atom. The average Bonchev–Trinajstić information content (AvgIpc) is 2.48. The van der Waals surface area contributed by atoms with Gasteiger partial charge in [-0.05, 0) is 55.7 Å². The van der Waals surface area contributed by atoms with Gasteiger partial charge in [0.05, 0.1) is 6.61 Å². The number of hydrogen-bond donors (Lipinski definition) is 1. The maximum atomic E-state index is 5.76. The van der Waals surface area contributed by atoms with Crippen molar-refractivity contribution in [2.24, 2.45) is 5.92 Å². The van der Waals surface area contributed by atoms with Gasteiger partial charge >= 0.3 is 0 Å². The minimum Gasteiger partial charge on any atom is -0.493 e. The zero-order valence-electron chi connectivity index (χ0n) is 11.9. The highest BCUT2D eigenvalue weighted by atomic mass is 16.5. The molecule has 2 nitrogen and oxygen atoms in total. The topological polar surface area (TPSA) is 21.3 Å². The Hall–Kier alpha value is -1.02. The smallest absolute Gasteiger partial charge is 0.122 e. The number of benzene rings is 1. The Morgan fingerprint density at radius 3 is 3.05 bits per heavy atom. The van der Waals surface area contributed by atoms with Crippen molar-refractivity contribution < 1.29 is 4.74 Å². The van der Waals surface area contributed by atoms with E-state index in [4.69, 9.17) is 4.74 Å². The molecule has 19 heavy (non-hydrogen) atoms. The van der Waals surface area contributed by atoms with Gasteiger partial charge in [-0.2, -0.15) is 0 Å². The predicted molar refractivity (Wildman–Crippen MR) is 78.7 cm³/mol. The van der Waals surface area contributed by atoms with Gasteiger partial charge in [0.1, 0.15) is 5.75 Å². The fraction of sp³-hybridized carbons (Fsp3) is 0.647. The first-order chi connectivity index (χ1) is 9.36. The Kier molecular flexibility index (Phi) is 4.07. The van der Waals surface area contributed by atoms with Gasteiger partial charge < -0.3 is 10.1 Å². The van der Waals surface area contributed by atoms with E-state index in [2.05, 4.69) is 36.5 Å². The molecule has 2 aliphatic rings. The third kappa shape index (κ3) is 2.94. The van der Waals surface area contributed by atoms with E-state index in [0.717, 1.165) is 18.3 Å². The van der Waals surface area contributed by atoms with Gasteiger partial charge in [0.2, 0.25) is 0 Å². The standard InChI is InChI=1S/C17H25NO/c1-2-13-7-9-18-15(11-13)12-14-8-10-19-17-6-4-3-5-16(14)17/h3-6,13-15,18H,2,7-12H2,1H3. The fourth-order valence-corrected chi connectivity index (χ4v) is 3.65. The summed E-state index contributed by atoms with van der Waals surface area (Å²) in [6.07, 6.45) is 6.50. The van der Waals surface area contributed by atoms with E-state index in [-0.39, 0.29) is 0 Å². The van der Waals surface area contributed by atoms with Crippen LogP contribution in [-0.4, -0.2) is 19.2 Å². The molecule has 1 aromatic carbocycles. The monoisotopic (exact) mass is 259 g/mol. The van der Waals surface area contributed by atoms with Crippen molar-refractivity contribution in [2.75, 3.05) is 13.2 Å². The van der Waals surface area contributed by atoms with Gasteiger partial charge in [-0.15, -0.1) is 0 Å². The van der Waals surface area contributed by atoms with Crippen LogP contribution in [0.25, 0.3) is 0 Å². The summed E-state index contributed by atoms with van der Waals surface area (Å²) < 4.78 is 5.76. The molecule has 3 atom stereocenters. The highest BCUT2D eigenvalue weighted by Crippen LogP contribution is 2.37. The first kappa shape index (κ1) is 13.0. The Balaban J connectivity index is 1.67. The van der Waals surface area contributed by atoms with Crippen LogP contribution in [-0.2, 0) is 0 Å². The summed E-state index contributed by atoms with van der Waals surface area (Å²) in [6, 6.07) is 9.29. The maximum Gasteiger partial charge on any atom is 0.122 e. The Labute approximate surface area is 116 Å². The molecular formula is C17H25NO. The molecule has 1 saturated heterocycles. The van der Waals surface area contributed by atoms with Crippen molar-refractivity contribution in [1.82, 2.24) is 5.32 Å². The fourth-order valence-electron chi connectivity index (χ4n) is 3.65. The molecule has 0 spiro atoms. The van der Waals surface area contributed by atoms with Crippen LogP contribution in [0.2, 0.25) is 0 Å². The molecule has 2 heterocycles. The van der Waals surface area contributed by atoms with Crippen LogP contribution in [0, 0.1) is 5.92 Å². The number of para-hydroxylation sites is 1. The summed E-state index contributed by atoms with van der Waals surface area (Å²) in [5.74, 6) is 2.72. The molecule has 3 unspecified atom stereocenters. The van der Waals surface area contributed by atoms with Gasteiger partial charge in [0.15, 0.2) is 0 Å².